The van der Waals surface area contributed by atoms with E-state index >= 15 is 0 Å². The predicted octanol–water partition coefficient (Wildman–Crippen LogP) is 7.62. The largest absolute Gasteiger partial charge is 0.414 e. The maximum absolute atomic E-state index is 12.9. The Labute approximate surface area is 238 Å². The lowest BCUT2D eigenvalue weighted by molar-refractivity contribution is -0.0298. The topological polar surface area (TPSA) is 67.4 Å². The number of rotatable bonds is 6. The summed E-state index contributed by atoms with van der Waals surface area (Å²) in [6.07, 6.45) is 13.1. The van der Waals surface area contributed by atoms with Gasteiger partial charge >= 0.3 is 0 Å². The third-order valence-corrected chi connectivity index (χ3v) is 17.4. The lowest BCUT2D eigenvalue weighted by Gasteiger charge is -2.58. The summed E-state index contributed by atoms with van der Waals surface area (Å²) in [5, 5.41) is 0.239. The van der Waals surface area contributed by atoms with Gasteiger partial charge in [0, 0.05) is 17.2 Å². The molecular formula is C32H50N2O3SSi. The van der Waals surface area contributed by atoms with Crippen LogP contribution in [0.4, 0.5) is 0 Å². The van der Waals surface area contributed by atoms with Gasteiger partial charge in [-0.15, -0.1) is 4.83 Å². The number of allylic oxidation sites excluding steroid dienone is 3. The van der Waals surface area contributed by atoms with Crippen molar-refractivity contribution in [3.63, 3.8) is 0 Å². The van der Waals surface area contributed by atoms with Gasteiger partial charge in [0.25, 0.3) is 10.0 Å². The molecule has 5 nitrogen and oxygen atoms in total. The summed E-state index contributed by atoms with van der Waals surface area (Å²) in [6.45, 7) is 18.6. The molecule has 0 saturated heterocycles. The van der Waals surface area contributed by atoms with Crippen LogP contribution >= 0.6 is 0 Å². The van der Waals surface area contributed by atoms with Crippen LogP contribution in [0.3, 0.4) is 0 Å². The first kappa shape index (κ1) is 29.1. The van der Waals surface area contributed by atoms with Gasteiger partial charge in [-0.05, 0) is 105 Å². The molecule has 6 unspecified atom stereocenters. The Hall–Kier alpha value is -1.41. The van der Waals surface area contributed by atoms with Crippen molar-refractivity contribution in [1.82, 2.24) is 10.3 Å². The van der Waals surface area contributed by atoms with Crippen LogP contribution in [0, 0.1) is 35.5 Å². The molecule has 1 aromatic carbocycles. The molecule has 216 valence electrons. The van der Waals surface area contributed by atoms with E-state index in [1.165, 1.54) is 12.8 Å². The molecule has 2 fully saturated rings. The first-order valence-corrected chi connectivity index (χ1v) is 19.4. The fraction of sp³-hybridized carbons (Fsp3) is 0.688. The Balaban J connectivity index is 1.28. The van der Waals surface area contributed by atoms with Crippen molar-refractivity contribution >= 4 is 18.3 Å². The lowest BCUT2D eigenvalue weighted by atomic mass is 9.48. The van der Waals surface area contributed by atoms with Crippen LogP contribution in [0.25, 0.3) is 0 Å². The molecule has 7 heteroatoms. The summed E-state index contributed by atoms with van der Waals surface area (Å²) in [5.74, 6) is 1.87. The van der Waals surface area contributed by atoms with E-state index in [4.69, 9.17) is 4.43 Å². The van der Waals surface area contributed by atoms with E-state index in [0.29, 0.717) is 23.9 Å². The Kier molecular flexibility index (Phi) is 7.35. The van der Waals surface area contributed by atoms with Crippen molar-refractivity contribution in [2.75, 3.05) is 0 Å². The highest BCUT2D eigenvalue weighted by Crippen LogP contribution is 2.64. The van der Waals surface area contributed by atoms with Crippen molar-refractivity contribution in [1.29, 1.82) is 0 Å². The average molecular weight is 571 g/mol. The zero-order valence-corrected chi connectivity index (χ0v) is 27.2. The maximum atomic E-state index is 12.9. The minimum absolute atomic E-state index is 0.0265. The molecule has 0 aromatic heterocycles. The predicted molar refractivity (Wildman–Crippen MR) is 162 cm³/mol. The molecule has 2 saturated carbocycles. The Morgan fingerprint density at radius 1 is 0.949 bits per heavy atom. The maximum Gasteiger partial charge on any atom is 0.257 e. The number of sulfonamides is 1. The summed E-state index contributed by atoms with van der Waals surface area (Å²) in [7, 11) is -5.40. The van der Waals surface area contributed by atoms with E-state index in [-0.39, 0.29) is 20.8 Å². The number of hydrogen-bond donors (Lipinski definition) is 2. The molecule has 0 radical (unpaired) electrons. The zero-order valence-electron chi connectivity index (χ0n) is 25.4. The molecule has 0 aliphatic heterocycles. The van der Waals surface area contributed by atoms with Crippen LogP contribution in [0.1, 0.15) is 85.1 Å². The lowest BCUT2D eigenvalue weighted by Crippen LogP contribution is -2.52. The number of hydrogen-bond acceptors (Lipinski definition) is 4. The first-order chi connectivity index (χ1) is 18.1. The van der Waals surface area contributed by atoms with Gasteiger partial charge in [0.1, 0.15) is 0 Å². The second-order valence-corrected chi connectivity index (χ2v) is 21.3. The highest BCUT2D eigenvalue weighted by atomic mass is 32.2. The molecule has 0 bridgehead atoms. The molecule has 0 amide bonds. The average Bonchev–Trinajstić information content (AvgIpc) is 3.19. The highest BCUT2D eigenvalue weighted by molar-refractivity contribution is 7.89. The van der Waals surface area contributed by atoms with Crippen molar-refractivity contribution in [2.24, 2.45) is 28.6 Å². The third-order valence-electron chi connectivity index (χ3n) is 11.6. The van der Waals surface area contributed by atoms with Crippen LogP contribution in [-0.4, -0.2) is 22.8 Å². The summed E-state index contributed by atoms with van der Waals surface area (Å²) in [4.78, 5) is 2.97. The first-order valence-electron chi connectivity index (χ1n) is 15.0. The van der Waals surface area contributed by atoms with Gasteiger partial charge < -0.3 is 9.85 Å². The molecule has 39 heavy (non-hydrogen) atoms. The molecule has 2 N–H and O–H groups in total. The van der Waals surface area contributed by atoms with E-state index in [1.807, 2.05) is 19.1 Å². The second-order valence-electron chi connectivity index (χ2n) is 14.9. The molecule has 4 aliphatic carbocycles. The van der Waals surface area contributed by atoms with Crippen molar-refractivity contribution in [3.05, 3.63) is 53.3 Å². The molecule has 0 spiro atoms. The number of benzene rings is 1. The van der Waals surface area contributed by atoms with Gasteiger partial charge in [0.05, 0.1) is 4.90 Å². The second kappa shape index (κ2) is 9.85. The molecule has 1 aromatic rings. The summed E-state index contributed by atoms with van der Waals surface area (Å²) in [5.41, 5.74) is 7.15. The normalized spacial score (nSPS) is 34.9. The van der Waals surface area contributed by atoms with E-state index in [0.717, 1.165) is 43.4 Å². The highest BCUT2D eigenvalue weighted by Gasteiger charge is 2.57. The summed E-state index contributed by atoms with van der Waals surface area (Å²) < 4.78 is 32.8. The molecule has 5 rings (SSSR count). The van der Waals surface area contributed by atoms with Gasteiger partial charge in [-0.3, -0.25) is 0 Å². The van der Waals surface area contributed by atoms with Gasteiger partial charge in [0.15, 0.2) is 8.32 Å². The van der Waals surface area contributed by atoms with Crippen molar-refractivity contribution < 1.29 is 12.8 Å². The number of fused-ring (bicyclic) bond motifs is 5. The Morgan fingerprint density at radius 3 is 2.28 bits per heavy atom. The number of hydrazine groups is 1. The number of aryl methyl sites for hydroxylation is 1. The van der Waals surface area contributed by atoms with Crippen LogP contribution < -0.4 is 10.3 Å². The monoisotopic (exact) mass is 570 g/mol. The van der Waals surface area contributed by atoms with E-state index < -0.39 is 18.3 Å². The number of nitrogens with one attached hydrogen (secondary N) is 2. The summed E-state index contributed by atoms with van der Waals surface area (Å²) in [6, 6.07) is 6.99. The quantitative estimate of drug-likeness (QED) is 0.210. The van der Waals surface area contributed by atoms with Gasteiger partial charge in [-0.2, -0.15) is 0 Å². The van der Waals surface area contributed by atoms with Crippen molar-refractivity contribution in [3.8, 4) is 0 Å². The van der Waals surface area contributed by atoms with Crippen LogP contribution in [0.15, 0.2) is 52.6 Å². The van der Waals surface area contributed by atoms with E-state index in [2.05, 4.69) is 70.1 Å². The smallest absolute Gasteiger partial charge is 0.257 e. The fourth-order valence-corrected chi connectivity index (χ4v) is 10.2. The van der Waals surface area contributed by atoms with Crippen LogP contribution in [-0.2, 0) is 14.4 Å². The van der Waals surface area contributed by atoms with Crippen LogP contribution in [0.5, 0.6) is 0 Å². The molecule has 4 aliphatic rings. The van der Waals surface area contributed by atoms with Crippen molar-refractivity contribution in [2.45, 2.75) is 116 Å². The van der Waals surface area contributed by atoms with E-state index in [1.54, 1.807) is 17.7 Å². The zero-order chi connectivity index (χ0) is 28.4. The Bertz CT molecular complexity index is 1260. The third kappa shape index (κ3) is 5.11. The molecular weight excluding hydrogens is 521 g/mol. The summed E-state index contributed by atoms with van der Waals surface area (Å²) >= 11 is 0. The SMILES string of the molecule is Cc1ccc(S(=O)(=O)NNC2=CCC3C4CC=C5CC(O[Si](C)(C)C(C)(C)C)CCC5(C)C4CCC23C)cc1. The van der Waals surface area contributed by atoms with Gasteiger partial charge in [-0.25, -0.2) is 8.42 Å². The van der Waals surface area contributed by atoms with Gasteiger partial charge in [-0.1, -0.05) is 70.0 Å². The molecule has 0 heterocycles. The fourth-order valence-electron chi connectivity index (χ4n) is 7.98. The van der Waals surface area contributed by atoms with Gasteiger partial charge in [0.2, 0.25) is 0 Å². The standard InChI is InChI=1S/C32H50N2O3SSi/c1-22-9-12-25(13-10-22)38(35,36)34-33-29-16-15-27-26-14-11-23-21-24(37-39(7,8)30(2,3)4)17-19-31(23,5)28(26)18-20-32(27,29)6/h9-13,16,24,26-28,33-34H,14-15,17-21H2,1-8H3. The molecule has 6 atom stereocenters. The van der Waals surface area contributed by atoms with Crippen LogP contribution in [0.2, 0.25) is 18.1 Å². The van der Waals surface area contributed by atoms with E-state index in [9.17, 15) is 8.42 Å². The Morgan fingerprint density at radius 2 is 1.62 bits per heavy atom. The minimum atomic E-state index is -3.63. The minimum Gasteiger partial charge on any atom is -0.414 e.